The van der Waals surface area contributed by atoms with Gasteiger partial charge in [-0.3, -0.25) is 14.9 Å². The van der Waals surface area contributed by atoms with Crippen LogP contribution in [0, 0.1) is 17.0 Å². The van der Waals surface area contributed by atoms with Crippen LogP contribution >= 0.6 is 0 Å². The first-order valence-electron chi connectivity index (χ1n) is 9.53. The number of nitrogens with one attached hydrogen (secondary N) is 1. The van der Waals surface area contributed by atoms with Gasteiger partial charge in [-0.05, 0) is 56.3 Å². The standard InChI is InChI=1S/C21H26N4O3/c1-4-23-9-11-24(12-10-23)18-6-8-19(15(2)13-18)22-20-7-5-17(16(3)26)14-21(20)25(27)28/h5-8,13-14,22H,4,9-12H2,1-3H3. The van der Waals surface area contributed by atoms with E-state index in [-0.39, 0.29) is 11.5 Å². The van der Waals surface area contributed by atoms with Crippen molar-refractivity contribution in [1.82, 2.24) is 4.90 Å². The van der Waals surface area contributed by atoms with E-state index >= 15 is 0 Å². The summed E-state index contributed by atoms with van der Waals surface area (Å²) in [6.45, 7) is 10.8. The maximum atomic E-state index is 11.5. The largest absolute Gasteiger partial charge is 0.369 e. The number of nitro benzene ring substituents is 1. The predicted molar refractivity (Wildman–Crippen MR) is 112 cm³/mol. The molecule has 1 aliphatic heterocycles. The first-order chi connectivity index (χ1) is 13.4. The second-order valence-electron chi connectivity index (χ2n) is 7.09. The zero-order chi connectivity index (χ0) is 20.3. The van der Waals surface area contributed by atoms with Crippen molar-refractivity contribution in [1.29, 1.82) is 0 Å². The lowest BCUT2D eigenvalue weighted by molar-refractivity contribution is -0.383. The molecule has 0 aliphatic carbocycles. The van der Waals surface area contributed by atoms with Crippen LogP contribution in [0.15, 0.2) is 36.4 Å². The van der Waals surface area contributed by atoms with Crippen LogP contribution in [0.2, 0.25) is 0 Å². The summed E-state index contributed by atoms with van der Waals surface area (Å²) in [5.74, 6) is -0.196. The molecule has 0 radical (unpaired) electrons. The fraction of sp³-hybridized carbons (Fsp3) is 0.381. The summed E-state index contributed by atoms with van der Waals surface area (Å²) in [4.78, 5) is 27.3. The summed E-state index contributed by atoms with van der Waals surface area (Å²) in [5.41, 5.74) is 3.60. The molecule has 7 heteroatoms. The highest BCUT2D eigenvalue weighted by Crippen LogP contribution is 2.31. The van der Waals surface area contributed by atoms with E-state index in [1.54, 1.807) is 12.1 Å². The number of nitrogens with zero attached hydrogens (tertiary/aromatic N) is 3. The Balaban J connectivity index is 1.80. The number of carbonyl (C=O) groups is 1. The molecule has 2 aromatic rings. The Kier molecular flexibility index (Phi) is 5.94. The quantitative estimate of drug-likeness (QED) is 0.462. The molecule has 0 amide bonds. The van der Waals surface area contributed by atoms with Crippen molar-refractivity contribution >= 4 is 28.5 Å². The topological polar surface area (TPSA) is 78.7 Å². The molecule has 0 saturated carbocycles. The molecule has 0 atom stereocenters. The summed E-state index contributed by atoms with van der Waals surface area (Å²) >= 11 is 0. The number of carbonyl (C=O) groups excluding carboxylic acids is 1. The van der Waals surface area contributed by atoms with Gasteiger partial charge >= 0.3 is 0 Å². The Morgan fingerprint density at radius 1 is 1.11 bits per heavy atom. The number of anilines is 3. The number of ketones is 1. The highest BCUT2D eigenvalue weighted by atomic mass is 16.6. The summed E-state index contributed by atoms with van der Waals surface area (Å²) in [6, 6.07) is 10.6. The molecular weight excluding hydrogens is 356 g/mol. The number of piperazine rings is 1. The molecule has 0 unspecified atom stereocenters. The lowest BCUT2D eigenvalue weighted by atomic mass is 10.1. The second-order valence-corrected chi connectivity index (χ2v) is 7.09. The van der Waals surface area contributed by atoms with Gasteiger partial charge in [-0.25, -0.2) is 0 Å². The monoisotopic (exact) mass is 382 g/mol. The second kappa shape index (κ2) is 8.39. The Hall–Kier alpha value is -2.93. The molecule has 148 valence electrons. The number of aryl methyl sites for hydroxylation is 1. The van der Waals surface area contributed by atoms with Gasteiger partial charge in [0.05, 0.1) is 4.92 Å². The van der Waals surface area contributed by atoms with Crippen molar-refractivity contribution in [2.45, 2.75) is 20.8 Å². The van der Waals surface area contributed by atoms with Gasteiger partial charge in [0.2, 0.25) is 0 Å². The van der Waals surface area contributed by atoms with Gasteiger partial charge in [-0.2, -0.15) is 0 Å². The van der Waals surface area contributed by atoms with Crippen LogP contribution in [0.4, 0.5) is 22.7 Å². The molecule has 1 fully saturated rings. The number of hydrogen-bond donors (Lipinski definition) is 1. The van der Waals surface area contributed by atoms with E-state index in [2.05, 4.69) is 28.1 Å². The minimum absolute atomic E-state index is 0.105. The fourth-order valence-corrected chi connectivity index (χ4v) is 3.46. The summed E-state index contributed by atoms with van der Waals surface area (Å²) in [5, 5.41) is 14.6. The first kappa shape index (κ1) is 19.8. The molecule has 2 aromatic carbocycles. The Morgan fingerprint density at radius 3 is 2.36 bits per heavy atom. The average Bonchev–Trinajstić information content (AvgIpc) is 2.69. The summed E-state index contributed by atoms with van der Waals surface area (Å²) < 4.78 is 0. The van der Waals surface area contributed by atoms with Gasteiger partial charge in [0.25, 0.3) is 5.69 Å². The zero-order valence-corrected chi connectivity index (χ0v) is 16.6. The van der Waals surface area contributed by atoms with E-state index in [9.17, 15) is 14.9 Å². The fourth-order valence-electron chi connectivity index (χ4n) is 3.46. The Morgan fingerprint density at radius 2 is 1.79 bits per heavy atom. The minimum Gasteiger partial charge on any atom is -0.369 e. The van der Waals surface area contributed by atoms with Crippen molar-refractivity contribution in [2.24, 2.45) is 0 Å². The van der Waals surface area contributed by atoms with E-state index in [1.165, 1.54) is 18.7 Å². The number of hydrogen-bond acceptors (Lipinski definition) is 6. The molecule has 1 heterocycles. The molecule has 1 aliphatic rings. The number of likely N-dealkylation sites (N-methyl/N-ethyl adjacent to an activating group) is 1. The SMILES string of the molecule is CCN1CCN(c2ccc(Nc3ccc(C(C)=O)cc3[N+](=O)[O-])c(C)c2)CC1. The van der Waals surface area contributed by atoms with Crippen molar-refractivity contribution in [3.05, 3.63) is 57.6 Å². The van der Waals surface area contributed by atoms with E-state index < -0.39 is 4.92 Å². The van der Waals surface area contributed by atoms with Crippen molar-refractivity contribution in [3.63, 3.8) is 0 Å². The highest BCUT2D eigenvalue weighted by molar-refractivity contribution is 5.95. The zero-order valence-electron chi connectivity index (χ0n) is 16.6. The molecule has 3 rings (SSSR count). The van der Waals surface area contributed by atoms with Gasteiger partial charge in [-0.15, -0.1) is 0 Å². The normalized spacial score (nSPS) is 14.8. The van der Waals surface area contributed by atoms with E-state index in [0.29, 0.717) is 11.3 Å². The van der Waals surface area contributed by atoms with Gasteiger partial charge < -0.3 is 15.1 Å². The van der Waals surface area contributed by atoms with Crippen molar-refractivity contribution < 1.29 is 9.72 Å². The molecule has 0 spiro atoms. The van der Waals surface area contributed by atoms with Crippen LogP contribution < -0.4 is 10.2 Å². The average molecular weight is 382 g/mol. The van der Waals surface area contributed by atoms with E-state index in [0.717, 1.165) is 44.0 Å². The molecule has 28 heavy (non-hydrogen) atoms. The van der Waals surface area contributed by atoms with Crippen LogP contribution in [-0.4, -0.2) is 48.3 Å². The highest BCUT2D eigenvalue weighted by Gasteiger charge is 2.19. The molecular formula is C21H26N4O3. The maximum absolute atomic E-state index is 11.5. The molecule has 0 bridgehead atoms. The number of rotatable bonds is 6. The first-order valence-corrected chi connectivity index (χ1v) is 9.53. The van der Waals surface area contributed by atoms with E-state index in [4.69, 9.17) is 0 Å². The lowest BCUT2D eigenvalue weighted by Gasteiger charge is -2.35. The lowest BCUT2D eigenvalue weighted by Crippen LogP contribution is -2.46. The van der Waals surface area contributed by atoms with E-state index in [1.807, 2.05) is 19.1 Å². The summed E-state index contributed by atoms with van der Waals surface area (Å²) in [6.07, 6.45) is 0. The number of nitro groups is 1. The van der Waals surface area contributed by atoms with Crippen LogP contribution in [0.5, 0.6) is 0 Å². The minimum atomic E-state index is -0.467. The maximum Gasteiger partial charge on any atom is 0.293 e. The van der Waals surface area contributed by atoms with Crippen LogP contribution in [-0.2, 0) is 0 Å². The molecule has 0 aromatic heterocycles. The van der Waals surface area contributed by atoms with Crippen molar-refractivity contribution in [3.8, 4) is 0 Å². The van der Waals surface area contributed by atoms with Crippen LogP contribution in [0.3, 0.4) is 0 Å². The van der Waals surface area contributed by atoms with Gasteiger partial charge in [0.1, 0.15) is 5.69 Å². The summed E-state index contributed by atoms with van der Waals surface area (Å²) in [7, 11) is 0. The van der Waals surface area contributed by atoms with Crippen LogP contribution in [0.1, 0.15) is 29.8 Å². The third-order valence-corrected chi connectivity index (χ3v) is 5.26. The Bertz CT molecular complexity index is 889. The number of benzene rings is 2. The number of Topliss-reactive ketones (excluding diaryl/α,β-unsaturated/α-hetero) is 1. The molecule has 1 saturated heterocycles. The van der Waals surface area contributed by atoms with Crippen LogP contribution in [0.25, 0.3) is 0 Å². The van der Waals surface area contributed by atoms with Gasteiger partial charge in [-0.1, -0.05) is 6.92 Å². The predicted octanol–water partition coefficient (Wildman–Crippen LogP) is 3.99. The van der Waals surface area contributed by atoms with Gasteiger partial charge in [0, 0.05) is 49.2 Å². The van der Waals surface area contributed by atoms with Gasteiger partial charge in [0.15, 0.2) is 5.78 Å². The molecule has 1 N–H and O–H groups in total. The molecule has 7 nitrogen and oxygen atoms in total. The third kappa shape index (κ3) is 4.31. The Labute approximate surface area is 165 Å². The van der Waals surface area contributed by atoms with Crippen molar-refractivity contribution in [2.75, 3.05) is 42.9 Å². The third-order valence-electron chi connectivity index (χ3n) is 5.26. The smallest absolute Gasteiger partial charge is 0.293 e.